The number of methoxy groups -OCH3 is 2. The molecule has 0 saturated carbocycles. The van der Waals surface area contributed by atoms with Crippen molar-refractivity contribution in [2.45, 2.75) is 13.0 Å². The summed E-state index contributed by atoms with van der Waals surface area (Å²) in [5.41, 5.74) is 1.60. The first-order valence-electron chi connectivity index (χ1n) is 14.2. The van der Waals surface area contributed by atoms with Crippen molar-refractivity contribution in [3.05, 3.63) is 137 Å². The molecule has 0 spiro atoms. The number of carbonyl (C=O) groups is 1. The predicted octanol–water partition coefficient (Wildman–Crippen LogP) is 5.12. The predicted molar refractivity (Wildman–Crippen MR) is 171 cm³/mol. The van der Waals surface area contributed by atoms with Crippen molar-refractivity contribution in [2.75, 3.05) is 20.8 Å². The smallest absolute Gasteiger partial charge is 0.338 e. The zero-order valence-corrected chi connectivity index (χ0v) is 25.8. The zero-order chi connectivity index (χ0) is 32.4. The molecule has 0 N–H and O–H groups in total. The van der Waals surface area contributed by atoms with E-state index in [1.165, 1.54) is 17.7 Å². The summed E-state index contributed by atoms with van der Waals surface area (Å²) in [5.74, 6) is 0.849. The molecule has 1 atom stereocenters. The lowest BCUT2D eigenvalue weighted by molar-refractivity contribution is -0.384. The number of hydrogen-bond acceptors (Lipinski definition) is 10. The van der Waals surface area contributed by atoms with Crippen LogP contribution in [0.4, 0.5) is 5.69 Å². The number of aromatic nitrogens is 1. The van der Waals surface area contributed by atoms with Crippen LogP contribution in [0.3, 0.4) is 0 Å². The first-order chi connectivity index (χ1) is 22.3. The molecule has 2 aromatic heterocycles. The first-order valence-corrected chi connectivity index (χ1v) is 15.0. The van der Waals surface area contributed by atoms with Gasteiger partial charge in [0.2, 0.25) is 0 Å². The highest BCUT2D eigenvalue weighted by Gasteiger charge is 2.35. The van der Waals surface area contributed by atoms with Crippen LogP contribution >= 0.6 is 11.3 Å². The summed E-state index contributed by atoms with van der Waals surface area (Å²) < 4.78 is 23.8. The first kappa shape index (κ1) is 30.3. The molecule has 232 valence electrons. The SMILES string of the molecule is CCOC(=O)C1=C(c2ccccc2)N=c2s/c(=C\c3ccc(-c4ccc(OC)cc4[N+](=O)[O-])o3)c(=O)n2[C@H]1c1cccc(OC)c1. The van der Waals surface area contributed by atoms with Gasteiger partial charge in [-0.2, -0.15) is 0 Å². The molecule has 3 heterocycles. The number of hydrogen-bond donors (Lipinski definition) is 0. The van der Waals surface area contributed by atoms with E-state index in [1.807, 2.05) is 36.4 Å². The van der Waals surface area contributed by atoms with Gasteiger partial charge >= 0.3 is 5.97 Å². The number of benzene rings is 3. The molecule has 5 aromatic rings. The van der Waals surface area contributed by atoms with E-state index < -0.39 is 22.5 Å². The van der Waals surface area contributed by atoms with Gasteiger partial charge in [0.1, 0.15) is 23.0 Å². The monoisotopic (exact) mass is 637 g/mol. The molecule has 46 heavy (non-hydrogen) atoms. The Hall–Kier alpha value is -5.75. The average Bonchev–Trinajstić information content (AvgIpc) is 3.67. The lowest BCUT2D eigenvalue weighted by atomic mass is 9.93. The number of nitro benzene ring substituents is 1. The van der Waals surface area contributed by atoms with Crippen LogP contribution in [0.25, 0.3) is 23.1 Å². The van der Waals surface area contributed by atoms with Crippen molar-refractivity contribution < 1.29 is 28.3 Å². The second-order valence-corrected chi connectivity index (χ2v) is 11.1. The fourth-order valence-electron chi connectivity index (χ4n) is 5.27. The third-order valence-corrected chi connectivity index (χ3v) is 8.33. The average molecular weight is 638 g/mol. The van der Waals surface area contributed by atoms with Gasteiger partial charge in [-0.25, -0.2) is 9.79 Å². The molecule has 0 saturated heterocycles. The molecule has 0 bridgehead atoms. The molecular formula is C34H27N3O8S. The molecule has 1 aliphatic heterocycles. The number of furan rings is 1. The third kappa shape index (κ3) is 5.61. The third-order valence-electron chi connectivity index (χ3n) is 7.35. The Labute approximate surface area is 266 Å². The van der Waals surface area contributed by atoms with Gasteiger partial charge in [-0.3, -0.25) is 19.5 Å². The second-order valence-electron chi connectivity index (χ2n) is 10.1. The van der Waals surface area contributed by atoms with Gasteiger partial charge in [-0.15, -0.1) is 0 Å². The van der Waals surface area contributed by atoms with Gasteiger partial charge in [0, 0.05) is 11.6 Å². The van der Waals surface area contributed by atoms with E-state index in [2.05, 4.69) is 0 Å². The molecule has 0 amide bonds. The van der Waals surface area contributed by atoms with Gasteiger partial charge in [0.15, 0.2) is 4.80 Å². The van der Waals surface area contributed by atoms with Crippen LogP contribution in [0, 0.1) is 10.1 Å². The van der Waals surface area contributed by atoms with Crippen molar-refractivity contribution >= 4 is 34.8 Å². The van der Waals surface area contributed by atoms with Gasteiger partial charge < -0.3 is 18.6 Å². The summed E-state index contributed by atoms with van der Waals surface area (Å²) in [6.45, 7) is 1.85. The molecule has 6 rings (SSSR count). The summed E-state index contributed by atoms with van der Waals surface area (Å²) >= 11 is 1.13. The maximum absolute atomic E-state index is 14.1. The highest BCUT2D eigenvalue weighted by molar-refractivity contribution is 7.07. The minimum Gasteiger partial charge on any atom is -0.497 e. The van der Waals surface area contributed by atoms with E-state index in [9.17, 15) is 19.7 Å². The summed E-state index contributed by atoms with van der Waals surface area (Å²) in [6.07, 6.45) is 1.56. The maximum atomic E-state index is 14.1. The van der Waals surface area contributed by atoms with Crippen molar-refractivity contribution in [3.8, 4) is 22.8 Å². The Morgan fingerprint density at radius 2 is 1.78 bits per heavy atom. The number of carbonyl (C=O) groups excluding carboxylic acids is 1. The normalized spacial score (nSPS) is 14.4. The molecule has 3 aromatic carbocycles. The number of nitrogens with zero attached hydrogens (tertiary/aromatic N) is 3. The minimum atomic E-state index is -0.878. The number of ether oxygens (including phenoxy) is 3. The fourth-order valence-corrected chi connectivity index (χ4v) is 6.25. The Kier molecular flexibility index (Phi) is 8.36. The highest BCUT2D eigenvalue weighted by Crippen LogP contribution is 2.37. The van der Waals surface area contributed by atoms with E-state index >= 15 is 0 Å². The van der Waals surface area contributed by atoms with E-state index in [0.29, 0.717) is 38.9 Å². The second kappa shape index (κ2) is 12.7. The summed E-state index contributed by atoms with van der Waals surface area (Å²) in [6, 6.07) is 23.2. The van der Waals surface area contributed by atoms with E-state index in [4.69, 9.17) is 23.6 Å². The quantitative estimate of drug-likeness (QED) is 0.123. The molecule has 1 aliphatic rings. The minimum absolute atomic E-state index is 0.132. The maximum Gasteiger partial charge on any atom is 0.338 e. The van der Waals surface area contributed by atoms with Crippen LogP contribution < -0.4 is 24.4 Å². The lowest BCUT2D eigenvalue weighted by Gasteiger charge is -2.26. The molecule has 11 nitrogen and oxygen atoms in total. The van der Waals surface area contributed by atoms with Gasteiger partial charge in [0.05, 0.1) is 59.2 Å². The molecule has 0 unspecified atom stereocenters. The fraction of sp³-hybridized carbons (Fsp3) is 0.147. The standard InChI is InChI=1S/C34H27N3O8S/c1-4-44-33(39)29-30(20-9-6-5-7-10-20)35-34-36(31(29)21-11-8-12-22(17-21)42-2)32(38)28(46-34)19-24-14-16-27(45-24)25-15-13-23(43-3)18-26(25)37(40)41/h5-19,31H,4H2,1-3H3/b28-19-/t31-/m0/s1. The van der Waals surface area contributed by atoms with Crippen molar-refractivity contribution in [1.29, 1.82) is 0 Å². The largest absolute Gasteiger partial charge is 0.497 e. The number of thiazole rings is 1. The van der Waals surface area contributed by atoms with Crippen LogP contribution in [0.15, 0.2) is 105 Å². The molecule has 0 aliphatic carbocycles. The van der Waals surface area contributed by atoms with Gasteiger partial charge in [0.25, 0.3) is 11.2 Å². The number of nitro groups is 1. The van der Waals surface area contributed by atoms with Crippen LogP contribution in [0.2, 0.25) is 0 Å². The van der Waals surface area contributed by atoms with E-state index in [1.54, 1.807) is 62.6 Å². The van der Waals surface area contributed by atoms with E-state index in [-0.39, 0.29) is 33.7 Å². The lowest BCUT2D eigenvalue weighted by Crippen LogP contribution is -2.40. The molecule has 0 fully saturated rings. The van der Waals surface area contributed by atoms with Gasteiger partial charge in [-0.1, -0.05) is 53.8 Å². The Morgan fingerprint density at radius 3 is 2.50 bits per heavy atom. The van der Waals surface area contributed by atoms with Crippen molar-refractivity contribution in [1.82, 2.24) is 4.57 Å². The number of rotatable bonds is 9. The Morgan fingerprint density at radius 1 is 1.02 bits per heavy atom. The number of fused-ring (bicyclic) bond motifs is 1. The molecule has 12 heteroatoms. The Balaban J connectivity index is 1.55. The van der Waals surface area contributed by atoms with Crippen LogP contribution in [-0.2, 0) is 9.53 Å². The van der Waals surface area contributed by atoms with Crippen LogP contribution in [0.5, 0.6) is 11.5 Å². The highest BCUT2D eigenvalue weighted by atomic mass is 32.1. The van der Waals surface area contributed by atoms with Crippen molar-refractivity contribution in [2.24, 2.45) is 4.99 Å². The zero-order valence-electron chi connectivity index (χ0n) is 25.0. The summed E-state index contributed by atoms with van der Waals surface area (Å²) in [7, 11) is 2.97. The van der Waals surface area contributed by atoms with Gasteiger partial charge in [-0.05, 0) is 48.9 Å². The topological polar surface area (TPSA) is 135 Å². The van der Waals surface area contributed by atoms with Crippen LogP contribution in [-0.4, -0.2) is 36.3 Å². The van der Waals surface area contributed by atoms with E-state index in [0.717, 1.165) is 11.3 Å². The van der Waals surface area contributed by atoms with Crippen molar-refractivity contribution in [3.63, 3.8) is 0 Å². The van der Waals surface area contributed by atoms with Crippen LogP contribution in [0.1, 0.15) is 29.9 Å². The molecule has 0 radical (unpaired) electrons. The number of esters is 1. The summed E-state index contributed by atoms with van der Waals surface area (Å²) in [4.78, 5) is 44.2. The Bertz CT molecular complexity index is 2180. The molecular weight excluding hydrogens is 610 g/mol. The summed E-state index contributed by atoms with van der Waals surface area (Å²) in [5, 5.41) is 11.8.